The molecule has 2 heteroatoms. The Morgan fingerprint density at radius 3 is 2.56 bits per heavy atom. The lowest BCUT2D eigenvalue weighted by Crippen LogP contribution is -2.43. The molecule has 0 aliphatic carbocycles. The molecular formula is C14H28NO+. The van der Waals surface area contributed by atoms with Crippen molar-refractivity contribution in [2.24, 2.45) is 0 Å². The second-order valence-electron chi connectivity index (χ2n) is 5.53. The van der Waals surface area contributed by atoms with Crippen LogP contribution in [0.25, 0.3) is 0 Å². The fourth-order valence-electron chi connectivity index (χ4n) is 2.08. The molecule has 1 fully saturated rings. The maximum Gasteiger partial charge on any atom is 0.130 e. The van der Waals surface area contributed by atoms with Crippen molar-refractivity contribution >= 4 is 0 Å². The molecule has 2 nitrogen and oxygen atoms in total. The number of nitrogens with zero attached hydrogens (tertiary/aromatic N) is 1. The van der Waals surface area contributed by atoms with Crippen molar-refractivity contribution in [1.29, 1.82) is 0 Å². The molecule has 0 amide bonds. The van der Waals surface area contributed by atoms with E-state index in [-0.39, 0.29) is 0 Å². The van der Waals surface area contributed by atoms with Crippen LogP contribution in [0.15, 0.2) is 12.2 Å². The van der Waals surface area contributed by atoms with E-state index in [0.717, 1.165) is 11.1 Å². The summed E-state index contributed by atoms with van der Waals surface area (Å²) >= 11 is 0. The third kappa shape index (κ3) is 7.02. The summed E-state index contributed by atoms with van der Waals surface area (Å²) in [4.78, 5) is 0. The van der Waals surface area contributed by atoms with Gasteiger partial charge in [-0.3, -0.25) is 0 Å². The van der Waals surface area contributed by atoms with Crippen molar-refractivity contribution in [2.45, 2.75) is 45.1 Å². The normalized spacial score (nSPS) is 20.6. The molecule has 1 saturated heterocycles. The minimum atomic E-state index is 0.558. The van der Waals surface area contributed by atoms with E-state index in [1.165, 1.54) is 45.2 Å². The average Bonchev–Trinajstić information content (AvgIpc) is 2.99. The molecule has 0 radical (unpaired) electrons. The minimum Gasteiger partial charge on any atom is -0.367 e. The van der Waals surface area contributed by atoms with Crippen LogP contribution in [-0.2, 0) is 4.74 Å². The van der Waals surface area contributed by atoms with E-state index in [1.54, 1.807) is 0 Å². The molecule has 1 unspecified atom stereocenters. The minimum absolute atomic E-state index is 0.558. The highest BCUT2D eigenvalue weighted by Crippen LogP contribution is 2.15. The largest absolute Gasteiger partial charge is 0.367 e. The molecule has 0 aromatic heterocycles. The van der Waals surface area contributed by atoms with Crippen LogP contribution in [0.3, 0.4) is 0 Å². The second-order valence-corrected chi connectivity index (χ2v) is 5.53. The first kappa shape index (κ1) is 13.7. The van der Waals surface area contributed by atoms with Gasteiger partial charge in [-0.1, -0.05) is 19.1 Å². The van der Waals surface area contributed by atoms with Crippen LogP contribution in [-0.4, -0.2) is 44.4 Å². The molecule has 1 aliphatic heterocycles. The SMILES string of the molecule is CC/C=C/CCCCC[N+](C)(C)CC1CO1. The maximum atomic E-state index is 5.29. The number of allylic oxidation sites excluding steroid dienone is 2. The first-order valence-corrected chi connectivity index (χ1v) is 6.72. The van der Waals surface area contributed by atoms with Crippen LogP contribution in [0, 0.1) is 0 Å². The standard InChI is InChI=1S/C14H28NO/c1-4-5-6-7-8-9-10-11-15(2,3)12-14-13-16-14/h5-6,14H,4,7-13H2,1-3H3/q+1/b6-5+. The number of epoxide rings is 1. The molecule has 0 aromatic rings. The van der Waals surface area contributed by atoms with Crippen LogP contribution in [0.2, 0.25) is 0 Å². The quantitative estimate of drug-likeness (QED) is 0.255. The summed E-state index contributed by atoms with van der Waals surface area (Å²) in [5, 5.41) is 0. The Balaban J connectivity index is 1.94. The van der Waals surface area contributed by atoms with Crippen molar-refractivity contribution in [3.05, 3.63) is 12.2 Å². The summed E-state index contributed by atoms with van der Waals surface area (Å²) in [5.41, 5.74) is 0. The topological polar surface area (TPSA) is 12.5 Å². The molecule has 1 rings (SSSR count). The van der Waals surface area contributed by atoms with Gasteiger partial charge in [0.1, 0.15) is 12.6 Å². The van der Waals surface area contributed by atoms with Gasteiger partial charge in [0, 0.05) is 0 Å². The third-order valence-corrected chi connectivity index (χ3v) is 3.14. The molecule has 1 heterocycles. The van der Waals surface area contributed by atoms with Crippen molar-refractivity contribution < 1.29 is 9.22 Å². The van der Waals surface area contributed by atoms with E-state index in [1.807, 2.05) is 0 Å². The number of hydrogen-bond donors (Lipinski definition) is 0. The Bertz CT molecular complexity index is 207. The van der Waals surface area contributed by atoms with Crippen LogP contribution >= 0.6 is 0 Å². The molecule has 94 valence electrons. The van der Waals surface area contributed by atoms with E-state index in [0.29, 0.717) is 6.10 Å². The zero-order valence-corrected chi connectivity index (χ0v) is 11.2. The molecular weight excluding hydrogens is 198 g/mol. The van der Waals surface area contributed by atoms with Gasteiger partial charge in [-0.15, -0.1) is 0 Å². The van der Waals surface area contributed by atoms with Crippen molar-refractivity contribution in [3.63, 3.8) is 0 Å². The van der Waals surface area contributed by atoms with Crippen molar-refractivity contribution in [2.75, 3.05) is 33.8 Å². The summed E-state index contributed by atoms with van der Waals surface area (Å²) in [6.45, 7) is 5.66. The Morgan fingerprint density at radius 2 is 1.94 bits per heavy atom. The molecule has 0 spiro atoms. The average molecular weight is 226 g/mol. The molecule has 16 heavy (non-hydrogen) atoms. The lowest BCUT2D eigenvalue weighted by Gasteiger charge is -2.29. The van der Waals surface area contributed by atoms with Crippen LogP contribution in [0.5, 0.6) is 0 Å². The maximum absolute atomic E-state index is 5.29. The summed E-state index contributed by atoms with van der Waals surface area (Å²) in [6, 6.07) is 0. The van der Waals surface area contributed by atoms with Gasteiger partial charge < -0.3 is 9.22 Å². The summed E-state index contributed by atoms with van der Waals surface area (Å²) in [6.07, 6.45) is 11.6. The zero-order valence-electron chi connectivity index (χ0n) is 11.2. The molecule has 1 aliphatic rings. The fourth-order valence-corrected chi connectivity index (χ4v) is 2.08. The van der Waals surface area contributed by atoms with E-state index in [4.69, 9.17) is 4.74 Å². The van der Waals surface area contributed by atoms with Gasteiger partial charge in [0.25, 0.3) is 0 Å². The fraction of sp³-hybridized carbons (Fsp3) is 0.857. The summed E-state index contributed by atoms with van der Waals surface area (Å²) < 4.78 is 6.41. The van der Waals surface area contributed by atoms with Gasteiger partial charge in [-0.05, 0) is 32.1 Å². The van der Waals surface area contributed by atoms with Gasteiger partial charge >= 0.3 is 0 Å². The van der Waals surface area contributed by atoms with Gasteiger partial charge in [0.05, 0.1) is 27.2 Å². The van der Waals surface area contributed by atoms with E-state index in [9.17, 15) is 0 Å². The molecule has 1 atom stereocenters. The van der Waals surface area contributed by atoms with Crippen LogP contribution in [0.4, 0.5) is 0 Å². The number of hydrogen-bond acceptors (Lipinski definition) is 1. The Kier molecular flexibility index (Phi) is 6.07. The predicted octanol–water partition coefficient (Wildman–Crippen LogP) is 2.99. The number of ether oxygens (including phenoxy) is 1. The van der Waals surface area contributed by atoms with Gasteiger partial charge in [0.15, 0.2) is 0 Å². The zero-order chi connectivity index (χ0) is 11.9. The van der Waals surface area contributed by atoms with E-state index in [2.05, 4.69) is 33.2 Å². The Labute approximate surface area is 101 Å². The number of likely N-dealkylation sites (N-methyl/N-ethyl adjacent to an activating group) is 1. The van der Waals surface area contributed by atoms with E-state index < -0.39 is 0 Å². The van der Waals surface area contributed by atoms with Gasteiger partial charge in [0.2, 0.25) is 0 Å². The van der Waals surface area contributed by atoms with Crippen molar-refractivity contribution in [3.8, 4) is 0 Å². The lowest BCUT2D eigenvalue weighted by atomic mass is 10.1. The monoisotopic (exact) mass is 226 g/mol. The summed E-state index contributed by atoms with van der Waals surface area (Å²) in [7, 11) is 4.64. The van der Waals surface area contributed by atoms with E-state index >= 15 is 0 Å². The second kappa shape index (κ2) is 7.08. The van der Waals surface area contributed by atoms with Crippen molar-refractivity contribution in [1.82, 2.24) is 0 Å². The molecule has 0 aromatic carbocycles. The highest BCUT2D eigenvalue weighted by Gasteiger charge is 2.30. The predicted molar refractivity (Wildman–Crippen MR) is 69.5 cm³/mol. The highest BCUT2D eigenvalue weighted by atomic mass is 16.6. The number of rotatable bonds is 9. The lowest BCUT2D eigenvalue weighted by molar-refractivity contribution is -0.891. The van der Waals surface area contributed by atoms with Crippen LogP contribution < -0.4 is 0 Å². The Hall–Kier alpha value is -0.340. The number of unbranched alkanes of at least 4 members (excludes halogenated alkanes) is 3. The molecule has 0 N–H and O–H groups in total. The Morgan fingerprint density at radius 1 is 1.19 bits per heavy atom. The van der Waals surface area contributed by atoms with Gasteiger partial charge in [-0.25, -0.2) is 0 Å². The van der Waals surface area contributed by atoms with Gasteiger partial charge in [-0.2, -0.15) is 0 Å². The smallest absolute Gasteiger partial charge is 0.130 e. The molecule has 0 bridgehead atoms. The molecule has 0 saturated carbocycles. The first-order chi connectivity index (χ1) is 7.64. The highest BCUT2D eigenvalue weighted by molar-refractivity contribution is 4.79. The summed E-state index contributed by atoms with van der Waals surface area (Å²) in [5.74, 6) is 0. The number of quaternary nitrogens is 1. The first-order valence-electron chi connectivity index (χ1n) is 6.72. The third-order valence-electron chi connectivity index (χ3n) is 3.14. The van der Waals surface area contributed by atoms with Crippen LogP contribution in [0.1, 0.15) is 39.0 Å².